The second-order valence-corrected chi connectivity index (χ2v) is 6.74. The summed E-state index contributed by atoms with van der Waals surface area (Å²) in [6, 6.07) is 10.4. The molecule has 1 amide bonds. The fraction of sp³-hybridized carbons (Fsp3) is 0.0952. The van der Waals surface area contributed by atoms with Crippen LogP contribution in [-0.4, -0.2) is 30.5 Å². The number of nitrogens with one attached hydrogen (secondary N) is 1. The molecule has 0 aliphatic rings. The highest BCUT2D eigenvalue weighted by molar-refractivity contribution is 6.03. The monoisotopic (exact) mass is 440 g/mol. The predicted octanol–water partition coefficient (Wildman–Crippen LogP) is 3.39. The zero-order valence-corrected chi connectivity index (χ0v) is 16.5. The van der Waals surface area contributed by atoms with Crippen LogP contribution in [-0.2, 0) is 6.18 Å². The van der Waals surface area contributed by atoms with Crippen molar-refractivity contribution >= 4 is 11.6 Å². The van der Waals surface area contributed by atoms with Crippen molar-refractivity contribution in [3.05, 3.63) is 94.3 Å². The first-order chi connectivity index (χ1) is 15.2. The van der Waals surface area contributed by atoms with Gasteiger partial charge in [0.05, 0.1) is 16.9 Å². The average Bonchev–Trinajstić information content (AvgIpc) is 3.28. The van der Waals surface area contributed by atoms with E-state index in [4.69, 9.17) is 0 Å². The molecule has 162 valence electrons. The number of pyridine rings is 1. The SMILES string of the molecule is Cc1cc(=O)c(C(=O)Nc2cccnc2-n2cccn2)nn1-c1cccc(C(F)(F)F)c1. The van der Waals surface area contributed by atoms with Gasteiger partial charge in [-0.1, -0.05) is 6.07 Å². The number of benzene rings is 1. The molecule has 4 rings (SSSR count). The van der Waals surface area contributed by atoms with Crippen molar-refractivity contribution in [2.45, 2.75) is 13.1 Å². The lowest BCUT2D eigenvalue weighted by atomic mass is 10.2. The van der Waals surface area contributed by atoms with Crippen LogP contribution in [0.25, 0.3) is 11.5 Å². The zero-order valence-electron chi connectivity index (χ0n) is 16.5. The summed E-state index contributed by atoms with van der Waals surface area (Å²) >= 11 is 0. The third-order valence-corrected chi connectivity index (χ3v) is 4.50. The minimum Gasteiger partial charge on any atom is -0.317 e. The number of halogens is 3. The van der Waals surface area contributed by atoms with Gasteiger partial charge in [-0.15, -0.1) is 0 Å². The second kappa shape index (κ2) is 8.10. The van der Waals surface area contributed by atoms with Crippen molar-refractivity contribution in [3.63, 3.8) is 0 Å². The van der Waals surface area contributed by atoms with Crippen LogP contribution in [0.2, 0.25) is 0 Å². The molecule has 11 heteroatoms. The van der Waals surface area contributed by atoms with Gasteiger partial charge >= 0.3 is 6.18 Å². The number of aryl methyl sites for hydroxylation is 1. The molecular formula is C21H15F3N6O2. The van der Waals surface area contributed by atoms with E-state index < -0.39 is 28.8 Å². The van der Waals surface area contributed by atoms with E-state index in [9.17, 15) is 22.8 Å². The van der Waals surface area contributed by atoms with E-state index in [1.54, 1.807) is 24.4 Å². The Bertz CT molecular complexity index is 1350. The van der Waals surface area contributed by atoms with Crippen LogP contribution in [0.3, 0.4) is 0 Å². The first-order valence-electron chi connectivity index (χ1n) is 9.29. The Morgan fingerprint density at radius 1 is 1.06 bits per heavy atom. The fourth-order valence-corrected chi connectivity index (χ4v) is 3.03. The van der Waals surface area contributed by atoms with E-state index in [1.165, 1.54) is 36.1 Å². The summed E-state index contributed by atoms with van der Waals surface area (Å²) in [6.45, 7) is 1.51. The van der Waals surface area contributed by atoms with Crippen LogP contribution in [0, 0.1) is 6.92 Å². The molecule has 3 aromatic heterocycles. The molecule has 1 N–H and O–H groups in total. The highest BCUT2D eigenvalue weighted by Crippen LogP contribution is 2.30. The highest BCUT2D eigenvalue weighted by Gasteiger charge is 2.30. The van der Waals surface area contributed by atoms with E-state index >= 15 is 0 Å². The molecule has 0 atom stereocenters. The number of alkyl halides is 3. The molecule has 3 heterocycles. The van der Waals surface area contributed by atoms with Gasteiger partial charge in [-0.2, -0.15) is 23.4 Å². The van der Waals surface area contributed by atoms with E-state index in [2.05, 4.69) is 20.5 Å². The Labute approximate surface area is 179 Å². The van der Waals surface area contributed by atoms with Crippen molar-refractivity contribution in [1.82, 2.24) is 24.5 Å². The zero-order chi connectivity index (χ0) is 22.9. The smallest absolute Gasteiger partial charge is 0.317 e. The highest BCUT2D eigenvalue weighted by atomic mass is 19.4. The molecule has 8 nitrogen and oxygen atoms in total. The van der Waals surface area contributed by atoms with Gasteiger partial charge in [-0.3, -0.25) is 9.59 Å². The Balaban J connectivity index is 1.72. The van der Waals surface area contributed by atoms with Crippen LogP contribution in [0.1, 0.15) is 21.7 Å². The van der Waals surface area contributed by atoms with Crippen molar-refractivity contribution in [3.8, 4) is 11.5 Å². The van der Waals surface area contributed by atoms with Gasteiger partial charge in [0.15, 0.2) is 11.5 Å². The molecule has 32 heavy (non-hydrogen) atoms. The molecule has 0 spiro atoms. The number of hydrogen-bond acceptors (Lipinski definition) is 5. The molecular weight excluding hydrogens is 425 g/mol. The number of carbonyl (C=O) groups excluding carboxylic acids is 1. The molecule has 0 radical (unpaired) electrons. The molecule has 0 saturated carbocycles. The topological polar surface area (TPSA) is 94.7 Å². The number of anilines is 1. The second-order valence-electron chi connectivity index (χ2n) is 6.74. The van der Waals surface area contributed by atoms with Crippen LogP contribution >= 0.6 is 0 Å². The maximum absolute atomic E-state index is 13.1. The molecule has 0 aliphatic carbocycles. The summed E-state index contributed by atoms with van der Waals surface area (Å²) in [6.07, 6.45) is 0.127. The number of nitrogens with zero attached hydrogens (tertiary/aromatic N) is 5. The van der Waals surface area contributed by atoms with Crippen molar-refractivity contribution in [2.24, 2.45) is 0 Å². The van der Waals surface area contributed by atoms with Crippen LogP contribution < -0.4 is 10.7 Å². The van der Waals surface area contributed by atoms with Gasteiger partial charge in [0.25, 0.3) is 5.91 Å². The number of aromatic nitrogens is 5. The van der Waals surface area contributed by atoms with Gasteiger partial charge in [0.2, 0.25) is 5.43 Å². The first-order valence-corrected chi connectivity index (χ1v) is 9.29. The van der Waals surface area contributed by atoms with E-state index in [0.29, 0.717) is 5.82 Å². The van der Waals surface area contributed by atoms with Gasteiger partial charge in [-0.05, 0) is 43.3 Å². The Morgan fingerprint density at radius 3 is 2.59 bits per heavy atom. The minimum atomic E-state index is -4.55. The third kappa shape index (κ3) is 4.13. The van der Waals surface area contributed by atoms with Crippen molar-refractivity contribution < 1.29 is 18.0 Å². The van der Waals surface area contributed by atoms with Crippen LogP contribution in [0.15, 0.2) is 71.9 Å². The van der Waals surface area contributed by atoms with E-state index in [0.717, 1.165) is 22.9 Å². The number of carbonyl (C=O) groups is 1. The molecule has 0 saturated heterocycles. The Hall–Kier alpha value is -4.28. The number of amides is 1. The van der Waals surface area contributed by atoms with Gasteiger partial charge < -0.3 is 5.32 Å². The van der Waals surface area contributed by atoms with Gasteiger partial charge in [-0.25, -0.2) is 14.3 Å². The molecule has 4 aromatic rings. The first kappa shape index (κ1) is 21.0. The van der Waals surface area contributed by atoms with Gasteiger partial charge in [0.1, 0.15) is 0 Å². The molecule has 0 bridgehead atoms. The largest absolute Gasteiger partial charge is 0.416 e. The predicted molar refractivity (Wildman–Crippen MR) is 109 cm³/mol. The van der Waals surface area contributed by atoms with Crippen LogP contribution in [0.4, 0.5) is 18.9 Å². The molecule has 0 fully saturated rings. The quantitative estimate of drug-likeness (QED) is 0.525. The van der Waals surface area contributed by atoms with E-state index in [-0.39, 0.29) is 17.1 Å². The lowest BCUT2D eigenvalue weighted by Crippen LogP contribution is -2.27. The summed E-state index contributed by atoms with van der Waals surface area (Å²) in [5.74, 6) is -0.520. The maximum Gasteiger partial charge on any atom is 0.416 e. The number of hydrogen-bond donors (Lipinski definition) is 1. The van der Waals surface area contributed by atoms with Crippen molar-refractivity contribution in [1.29, 1.82) is 0 Å². The Kier molecular flexibility index (Phi) is 5.31. The normalized spacial score (nSPS) is 11.4. The Morgan fingerprint density at radius 2 is 1.88 bits per heavy atom. The molecule has 0 unspecified atom stereocenters. The van der Waals surface area contributed by atoms with E-state index in [1.807, 2.05) is 0 Å². The summed E-state index contributed by atoms with van der Waals surface area (Å²) in [5, 5.41) is 10.7. The van der Waals surface area contributed by atoms with Gasteiger partial charge in [0, 0.05) is 30.4 Å². The molecule has 1 aromatic carbocycles. The maximum atomic E-state index is 13.1. The third-order valence-electron chi connectivity index (χ3n) is 4.50. The summed E-state index contributed by atoms with van der Waals surface area (Å²) in [5.41, 5.74) is -1.43. The summed E-state index contributed by atoms with van der Waals surface area (Å²) < 4.78 is 41.8. The van der Waals surface area contributed by atoms with Crippen molar-refractivity contribution in [2.75, 3.05) is 5.32 Å². The number of rotatable bonds is 4. The summed E-state index contributed by atoms with van der Waals surface area (Å²) in [7, 11) is 0. The summed E-state index contributed by atoms with van der Waals surface area (Å²) in [4.78, 5) is 29.5. The fourth-order valence-electron chi connectivity index (χ4n) is 3.03. The minimum absolute atomic E-state index is 0.0602. The average molecular weight is 440 g/mol. The lowest BCUT2D eigenvalue weighted by molar-refractivity contribution is -0.137. The van der Waals surface area contributed by atoms with Crippen LogP contribution in [0.5, 0.6) is 0 Å². The standard InChI is InChI=1S/C21H15F3N6O2/c1-13-11-17(31)18(28-30(13)15-6-2-5-14(12-15)21(22,23)24)20(32)27-16-7-3-8-25-19(16)29-10-4-9-26-29/h2-12H,1H3,(H,27,32). The molecule has 0 aliphatic heterocycles. The lowest BCUT2D eigenvalue weighted by Gasteiger charge is -2.14.